The topological polar surface area (TPSA) is 37.8 Å². The zero-order chi connectivity index (χ0) is 15.8. The molecule has 0 saturated heterocycles. The molecule has 0 unspecified atom stereocenters. The molecule has 0 radical (unpaired) electrons. The number of benzene rings is 1. The van der Waals surface area contributed by atoms with Gasteiger partial charge in [0.1, 0.15) is 0 Å². The number of aryl methyl sites for hydroxylation is 1. The molecule has 1 aromatic carbocycles. The second kappa shape index (κ2) is 6.20. The first kappa shape index (κ1) is 15.1. The molecule has 1 heterocycles. The van der Waals surface area contributed by atoms with Gasteiger partial charge in [-0.05, 0) is 55.7 Å². The lowest BCUT2D eigenvalue weighted by atomic mass is 10.0. The van der Waals surface area contributed by atoms with Crippen LogP contribution in [0.2, 0.25) is 5.02 Å². The zero-order valence-corrected chi connectivity index (χ0v) is 14.1. The van der Waals surface area contributed by atoms with Crippen molar-refractivity contribution in [3.63, 3.8) is 0 Å². The molecule has 2 fully saturated rings. The molecule has 2 aromatic rings. The number of H-pyrrole nitrogens is 1. The lowest BCUT2D eigenvalue weighted by Crippen LogP contribution is -2.17. The molecular formula is C19H23ClN2O. The van der Waals surface area contributed by atoms with E-state index >= 15 is 0 Å². The molecule has 23 heavy (non-hydrogen) atoms. The maximum absolute atomic E-state index is 12.9. The van der Waals surface area contributed by atoms with Gasteiger partial charge in [-0.15, -0.1) is 0 Å². The van der Waals surface area contributed by atoms with Crippen LogP contribution in [-0.2, 0) is 12.8 Å². The van der Waals surface area contributed by atoms with Crippen LogP contribution in [0.15, 0.2) is 29.1 Å². The summed E-state index contributed by atoms with van der Waals surface area (Å²) in [4.78, 5) is 12.9. The molecule has 122 valence electrons. The molecule has 1 aromatic heterocycles. The van der Waals surface area contributed by atoms with Gasteiger partial charge in [0.2, 0.25) is 0 Å². The largest absolute Gasteiger partial charge is 0.295 e. The highest BCUT2D eigenvalue weighted by Gasteiger charge is 2.25. The van der Waals surface area contributed by atoms with Crippen LogP contribution in [0, 0.1) is 11.8 Å². The number of hydrogen-bond acceptors (Lipinski definition) is 1. The number of rotatable bonds is 7. The average Bonchev–Trinajstić information content (AvgIpc) is 3.44. The molecule has 2 saturated carbocycles. The number of nitrogens with one attached hydrogen (secondary N) is 1. The van der Waals surface area contributed by atoms with Crippen molar-refractivity contribution in [2.24, 2.45) is 11.8 Å². The highest BCUT2D eigenvalue weighted by Crippen LogP contribution is 2.35. The number of aromatic amines is 1. The van der Waals surface area contributed by atoms with Crippen molar-refractivity contribution in [1.29, 1.82) is 0 Å². The standard InChI is InChI=1S/C19H23ClN2O/c20-15-2-1-3-16(12-15)22-19(23)17(10-8-13-4-5-13)18(21-22)11-9-14-6-7-14/h1-3,12-14,21H,4-11H2. The Labute approximate surface area is 141 Å². The van der Waals surface area contributed by atoms with Gasteiger partial charge >= 0.3 is 0 Å². The smallest absolute Gasteiger partial charge is 0.274 e. The maximum atomic E-state index is 12.9. The van der Waals surface area contributed by atoms with Crippen molar-refractivity contribution in [2.45, 2.75) is 51.4 Å². The van der Waals surface area contributed by atoms with E-state index in [4.69, 9.17) is 11.6 Å². The van der Waals surface area contributed by atoms with Crippen LogP contribution in [0.5, 0.6) is 0 Å². The third-order valence-corrected chi connectivity index (χ3v) is 5.37. The summed E-state index contributed by atoms with van der Waals surface area (Å²) in [6.07, 6.45) is 9.65. The quantitative estimate of drug-likeness (QED) is 0.797. The normalized spacial score (nSPS) is 17.6. The van der Waals surface area contributed by atoms with Crippen LogP contribution in [0.4, 0.5) is 0 Å². The van der Waals surface area contributed by atoms with Gasteiger partial charge in [0.25, 0.3) is 5.56 Å². The van der Waals surface area contributed by atoms with Gasteiger partial charge < -0.3 is 0 Å². The van der Waals surface area contributed by atoms with Crippen molar-refractivity contribution in [1.82, 2.24) is 9.78 Å². The highest BCUT2D eigenvalue weighted by atomic mass is 35.5. The van der Waals surface area contributed by atoms with Crippen LogP contribution >= 0.6 is 11.6 Å². The summed E-state index contributed by atoms with van der Waals surface area (Å²) < 4.78 is 1.68. The van der Waals surface area contributed by atoms with Crippen molar-refractivity contribution in [3.8, 4) is 5.69 Å². The van der Waals surface area contributed by atoms with Crippen LogP contribution in [0.1, 0.15) is 49.8 Å². The van der Waals surface area contributed by atoms with E-state index in [9.17, 15) is 4.79 Å². The Morgan fingerprint density at radius 1 is 1.09 bits per heavy atom. The predicted octanol–water partition coefficient (Wildman–Crippen LogP) is 4.50. The number of halogens is 1. The molecule has 3 nitrogen and oxygen atoms in total. The van der Waals surface area contributed by atoms with Crippen LogP contribution in [0.3, 0.4) is 0 Å². The van der Waals surface area contributed by atoms with Crippen molar-refractivity contribution >= 4 is 11.6 Å². The summed E-state index contributed by atoms with van der Waals surface area (Å²) in [6.45, 7) is 0. The minimum absolute atomic E-state index is 0.110. The van der Waals surface area contributed by atoms with E-state index in [1.54, 1.807) is 4.68 Å². The van der Waals surface area contributed by atoms with Crippen LogP contribution < -0.4 is 5.56 Å². The number of hydrogen-bond donors (Lipinski definition) is 1. The van der Waals surface area contributed by atoms with E-state index in [0.717, 1.165) is 48.0 Å². The molecule has 1 N–H and O–H groups in total. The second-order valence-corrected chi connectivity index (χ2v) is 7.59. The molecule has 2 aliphatic carbocycles. The van der Waals surface area contributed by atoms with Crippen molar-refractivity contribution < 1.29 is 0 Å². The van der Waals surface area contributed by atoms with E-state index in [0.29, 0.717) is 5.02 Å². The Morgan fingerprint density at radius 2 is 1.78 bits per heavy atom. The Hall–Kier alpha value is -1.48. The molecule has 0 spiro atoms. The zero-order valence-electron chi connectivity index (χ0n) is 13.4. The van der Waals surface area contributed by atoms with Crippen LogP contribution in [-0.4, -0.2) is 9.78 Å². The maximum Gasteiger partial charge on any atom is 0.274 e. The molecule has 4 heteroatoms. The lowest BCUT2D eigenvalue weighted by Gasteiger charge is -2.02. The Bertz CT molecular complexity index is 753. The summed E-state index contributed by atoms with van der Waals surface area (Å²) in [5, 5.41) is 4.02. The fourth-order valence-corrected chi connectivity index (χ4v) is 3.47. The van der Waals surface area contributed by atoms with E-state index in [1.807, 2.05) is 24.3 Å². The summed E-state index contributed by atoms with van der Waals surface area (Å²) in [7, 11) is 0. The molecular weight excluding hydrogens is 308 g/mol. The van der Waals surface area contributed by atoms with E-state index in [-0.39, 0.29) is 5.56 Å². The van der Waals surface area contributed by atoms with E-state index in [2.05, 4.69) is 5.10 Å². The fourth-order valence-electron chi connectivity index (χ4n) is 3.29. The third-order valence-electron chi connectivity index (χ3n) is 5.14. The SMILES string of the molecule is O=c1c(CCC2CC2)c(CCC2CC2)[nH]n1-c1cccc(Cl)c1. The van der Waals surface area contributed by atoms with Gasteiger partial charge in [0, 0.05) is 16.3 Å². The first-order valence-electron chi connectivity index (χ1n) is 8.79. The van der Waals surface area contributed by atoms with Crippen molar-refractivity contribution in [3.05, 3.63) is 50.9 Å². The van der Waals surface area contributed by atoms with Gasteiger partial charge in [0.15, 0.2) is 0 Å². The highest BCUT2D eigenvalue weighted by molar-refractivity contribution is 6.30. The first-order valence-corrected chi connectivity index (χ1v) is 9.17. The minimum atomic E-state index is 0.110. The fraction of sp³-hybridized carbons (Fsp3) is 0.526. The minimum Gasteiger partial charge on any atom is -0.295 e. The number of aromatic nitrogens is 2. The van der Waals surface area contributed by atoms with E-state index in [1.165, 1.54) is 32.1 Å². The van der Waals surface area contributed by atoms with Gasteiger partial charge in [-0.25, -0.2) is 4.68 Å². The van der Waals surface area contributed by atoms with Crippen molar-refractivity contribution in [2.75, 3.05) is 0 Å². The third kappa shape index (κ3) is 3.55. The monoisotopic (exact) mass is 330 g/mol. The Morgan fingerprint density at radius 3 is 2.43 bits per heavy atom. The average molecular weight is 331 g/mol. The summed E-state index contributed by atoms with van der Waals surface area (Å²) in [6, 6.07) is 7.49. The van der Waals surface area contributed by atoms with Gasteiger partial charge in [0.05, 0.1) is 5.69 Å². The van der Waals surface area contributed by atoms with Gasteiger partial charge in [-0.2, -0.15) is 0 Å². The first-order chi connectivity index (χ1) is 11.2. The van der Waals surface area contributed by atoms with Gasteiger partial charge in [-0.1, -0.05) is 43.4 Å². The Balaban J connectivity index is 1.64. The molecule has 0 aliphatic heterocycles. The second-order valence-electron chi connectivity index (χ2n) is 7.15. The number of nitrogens with zero attached hydrogens (tertiary/aromatic N) is 1. The lowest BCUT2D eigenvalue weighted by molar-refractivity contribution is 0.686. The molecule has 0 bridgehead atoms. The molecule has 0 amide bonds. The molecule has 4 rings (SSSR count). The molecule has 2 aliphatic rings. The molecule has 0 atom stereocenters. The Kier molecular flexibility index (Phi) is 4.06. The summed E-state index contributed by atoms with van der Waals surface area (Å²) in [5.74, 6) is 1.73. The summed E-state index contributed by atoms with van der Waals surface area (Å²) in [5.41, 5.74) is 3.08. The van der Waals surface area contributed by atoms with Gasteiger partial charge in [-0.3, -0.25) is 9.89 Å². The summed E-state index contributed by atoms with van der Waals surface area (Å²) >= 11 is 6.09. The van der Waals surface area contributed by atoms with Crippen LogP contribution in [0.25, 0.3) is 5.69 Å². The van der Waals surface area contributed by atoms with E-state index < -0.39 is 0 Å². The predicted molar refractivity (Wildman–Crippen MR) is 93.5 cm³/mol.